The first-order valence-corrected chi connectivity index (χ1v) is 6.75. The molecule has 0 amide bonds. The van der Waals surface area contributed by atoms with Crippen molar-refractivity contribution >= 4 is 5.71 Å². The van der Waals surface area contributed by atoms with Crippen LogP contribution in [0.4, 0.5) is 0 Å². The Kier molecular flexibility index (Phi) is 2.94. The van der Waals surface area contributed by atoms with Crippen LogP contribution in [0.5, 0.6) is 0 Å². The van der Waals surface area contributed by atoms with E-state index in [1.54, 1.807) is 0 Å². The number of fused-ring (bicyclic) bond motifs is 1. The summed E-state index contributed by atoms with van der Waals surface area (Å²) in [5, 5.41) is 0. The molecule has 2 heterocycles. The Labute approximate surface area is 114 Å². The van der Waals surface area contributed by atoms with E-state index in [1.807, 2.05) is 6.07 Å². The van der Waals surface area contributed by atoms with Crippen LogP contribution in [0, 0.1) is 0 Å². The molecule has 1 aliphatic heterocycles. The predicted molar refractivity (Wildman–Crippen MR) is 77.4 cm³/mol. The molecule has 0 aliphatic carbocycles. The van der Waals surface area contributed by atoms with Gasteiger partial charge in [0, 0.05) is 17.7 Å². The lowest BCUT2D eigenvalue weighted by atomic mass is 9.87. The molecule has 1 aromatic carbocycles. The zero-order valence-electron chi connectivity index (χ0n) is 11.5. The van der Waals surface area contributed by atoms with Crippen LogP contribution in [-0.2, 0) is 13.0 Å². The van der Waals surface area contributed by atoms with Gasteiger partial charge in [0.25, 0.3) is 0 Å². The monoisotopic (exact) mass is 251 g/mol. The van der Waals surface area contributed by atoms with Crippen molar-refractivity contribution in [2.24, 2.45) is 4.99 Å². The van der Waals surface area contributed by atoms with Crippen molar-refractivity contribution in [1.82, 2.24) is 0 Å². The molecule has 2 aromatic rings. The van der Waals surface area contributed by atoms with Gasteiger partial charge >= 0.3 is 0 Å². The predicted octanol–water partition coefficient (Wildman–Crippen LogP) is 2.80. The Bertz CT molecular complexity index is 612. The number of hydrogen-bond acceptors (Lipinski definition) is 1. The number of nitrogens with zero attached hydrogens (tertiary/aromatic N) is 2. The summed E-state index contributed by atoms with van der Waals surface area (Å²) in [6, 6.07) is 14.8. The maximum atomic E-state index is 4.95. The molecule has 0 spiro atoms. The third kappa shape index (κ3) is 2.58. The van der Waals surface area contributed by atoms with Gasteiger partial charge in [0.1, 0.15) is 5.71 Å². The maximum Gasteiger partial charge on any atom is 0.190 e. The number of rotatable bonds is 2. The molecule has 0 saturated heterocycles. The van der Waals surface area contributed by atoms with E-state index in [0.717, 1.165) is 13.0 Å². The van der Waals surface area contributed by atoms with Crippen molar-refractivity contribution in [2.45, 2.75) is 32.4 Å². The van der Waals surface area contributed by atoms with E-state index in [0.29, 0.717) is 0 Å². The number of aromatic nitrogens is 1. The highest BCUT2D eigenvalue weighted by atomic mass is 15.0. The molecular weight excluding hydrogens is 232 g/mol. The quantitative estimate of drug-likeness (QED) is 0.730. The highest BCUT2D eigenvalue weighted by Gasteiger charge is 2.27. The molecule has 0 N–H and O–H groups in total. The van der Waals surface area contributed by atoms with Crippen molar-refractivity contribution in [3.05, 3.63) is 66.0 Å². The summed E-state index contributed by atoms with van der Waals surface area (Å²) >= 11 is 0. The molecule has 0 atom stereocenters. The van der Waals surface area contributed by atoms with Gasteiger partial charge in [-0.1, -0.05) is 30.3 Å². The van der Waals surface area contributed by atoms with Gasteiger partial charge < -0.3 is 0 Å². The van der Waals surface area contributed by atoms with E-state index >= 15 is 0 Å². The van der Waals surface area contributed by atoms with Gasteiger partial charge in [-0.15, -0.1) is 0 Å². The Morgan fingerprint density at radius 1 is 1.05 bits per heavy atom. The lowest BCUT2D eigenvalue weighted by molar-refractivity contribution is -0.681. The average Bonchev–Trinajstić information content (AvgIpc) is 2.38. The van der Waals surface area contributed by atoms with Crippen LogP contribution in [0.2, 0.25) is 0 Å². The Hall–Kier alpha value is -1.96. The first kappa shape index (κ1) is 12.1. The van der Waals surface area contributed by atoms with Crippen molar-refractivity contribution in [2.75, 3.05) is 0 Å². The van der Waals surface area contributed by atoms with Gasteiger partial charge in [-0.25, -0.2) is 0 Å². The van der Waals surface area contributed by atoms with Crippen molar-refractivity contribution < 1.29 is 4.57 Å². The second-order valence-corrected chi connectivity index (χ2v) is 5.75. The van der Waals surface area contributed by atoms with Crippen LogP contribution in [0.15, 0.2) is 59.9 Å². The highest BCUT2D eigenvalue weighted by molar-refractivity contribution is 6.02. The summed E-state index contributed by atoms with van der Waals surface area (Å²) in [4.78, 5) is 4.95. The van der Waals surface area contributed by atoms with Crippen LogP contribution in [-0.4, -0.2) is 11.3 Å². The fourth-order valence-corrected chi connectivity index (χ4v) is 2.72. The smallest absolute Gasteiger partial charge is 0.190 e. The van der Waals surface area contributed by atoms with E-state index in [-0.39, 0.29) is 5.54 Å². The number of hydrogen-bond donors (Lipinski definition) is 0. The van der Waals surface area contributed by atoms with E-state index in [4.69, 9.17) is 4.99 Å². The third-order valence-corrected chi connectivity index (χ3v) is 3.50. The SMILES string of the molecule is CC1(C)Cc2ccccc2C(C[n+]2ccccc2)=N1. The molecule has 0 radical (unpaired) electrons. The molecule has 0 fully saturated rings. The topological polar surface area (TPSA) is 16.2 Å². The lowest BCUT2D eigenvalue weighted by Crippen LogP contribution is -2.40. The number of pyridine rings is 1. The Morgan fingerprint density at radius 3 is 2.58 bits per heavy atom. The van der Waals surface area contributed by atoms with E-state index in [1.165, 1.54) is 16.8 Å². The molecule has 2 nitrogen and oxygen atoms in total. The van der Waals surface area contributed by atoms with Crippen LogP contribution >= 0.6 is 0 Å². The zero-order chi connectivity index (χ0) is 13.3. The minimum Gasteiger partial charge on any atom is -0.276 e. The third-order valence-electron chi connectivity index (χ3n) is 3.50. The summed E-state index contributed by atoms with van der Waals surface area (Å²) in [5.74, 6) is 0. The number of aliphatic imine (C=N–C) groups is 1. The molecule has 19 heavy (non-hydrogen) atoms. The molecule has 0 saturated carbocycles. The van der Waals surface area contributed by atoms with Gasteiger partial charge in [0.05, 0.1) is 5.54 Å². The summed E-state index contributed by atoms with van der Waals surface area (Å²) in [5.41, 5.74) is 3.90. The minimum absolute atomic E-state index is 0.000965. The van der Waals surface area contributed by atoms with Gasteiger partial charge in [-0.05, 0) is 25.8 Å². The number of benzene rings is 1. The second-order valence-electron chi connectivity index (χ2n) is 5.75. The molecule has 3 rings (SSSR count). The summed E-state index contributed by atoms with van der Waals surface area (Å²) in [7, 11) is 0. The molecule has 0 bridgehead atoms. The van der Waals surface area contributed by atoms with Crippen LogP contribution in [0.25, 0.3) is 0 Å². The van der Waals surface area contributed by atoms with E-state index in [9.17, 15) is 0 Å². The summed E-state index contributed by atoms with van der Waals surface area (Å²) in [6.07, 6.45) is 5.20. The largest absolute Gasteiger partial charge is 0.276 e. The van der Waals surface area contributed by atoms with Gasteiger partial charge in [-0.2, -0.15) is 4.57 Å². The van der Waals surface area contributed by atoms with Gasteiger partial charge in [-0.3, -0.25) is 4.99 Å². The van der Waals surface area contributed by atoms with Gasteiger partial charge in [0.15, 0.2) is 18.9 Å². The Morgan fingerprint density at radius 2 is 1.79 bits per heavy atom. The van der Waals surface area contributed by atoms with Crippen molar-refractivity contribution in [1.29, 1.82) is 0 Å². The fraction of sp³-hybridized carbons (Fsp3) is 0.294. The van der Waals surface area contributed by atoms with E-state index in [2.05, 4.69) is 67.2 Å². The molecule has 2 heteroatoms. The summed E-state index contributed by atoms with van der Waals surface area (Å²) < 4.78 is 2.18. The summed E-state index contributed by atoms with van der Waals surface area (Å²) in [6.45, 7) is 5.25. The molecular formula is C17H19N2+. The van der Waals surface area contributed by atoms with Gasteiger partial charge in [0.2, 0.25) is 0 Å². The first-order chi connectivity index (χ1) is 9.14. The standard InChI is InChI=1S/C17H19N2/c1-17(2)12-14-8-4-5-9-15(14)16(18-17)13-19-10-6-3-7-11-19/h3-11H,12-13H2,1-2H3/q+1. The normalized spacial score (nSPS) is 16.6. The molecule has 96 valence electrons. The lowest BCUT2D eigenvalue weighted by Gasteiger charge is -2.28. The first-order valence-electron chi connectivity index (χ1n) is 6.75. The van der Waals surface area contributed by atoms with Crippen LogP contribution < -0.4 is 4.57 Å². The Balaban J connectivity index is 2.01. The molecule has 1 aromatic heterocycles. The van der Waals surface area contributed by atoms with E-state index < -0.39 is 0 Å². The minimum atomic E-state index is -0.000965. The van der Waals surface area contributed by atoms with Crippen LogP contribution in [0.1, 0.15) is 25.0 Å². The highest BCUT2D eigenvalue weighted by Crippen LogP contribution is 2.26. The molecule has 0 unspecified atom stereocenters. The van der Waals surface area contributed by atoms with Crippen molar-refractivity contribution in [3.63, 3.8) is 0 Å². The second kappa shape index (κ2) is 4.61. The maximum absolute atomic E-state index is 4.95. The van der Waals surface area contributed by atoms with Crippen molar-refractivity contribution in [3.8, 4) is 0 Å². The average molecular weight is 251 g/mol. The molecule has 1 aliphatic rings. The zero-order valence-corrected chi connectivity index (χ0v) is 11.5. The van der Waals surface area contributed by atoms with Crippen LogP contribution in [0.3, 0.4) is 0 Å². The fourth-order valence-electron chi connectivity index (χ4n) is 2.72.